The van der Waals surface area contributed by atoms with Gasteiger partial charge in [0.15, 0.2) is 0 Å². The quantitative estimate of drug-likeness (QED) is 0.814. The van der Waals surface area contributed by atoms with E-state index in [1.807, 2.05) is 31.2 Å². The van der Waals surface area contributed by atoms with E-state index in [-0.39, 0.29) is 5.91 Å². The highest BCUT2D eigenvalue weighted by Crippen LogP contribution is 2.30. The first-order chi connectivity index (χ1) is 10.0. The van der Waals surface area contributed by atoms with Gasteiger partial charge >= 0.3 is 0 Å². The molecule has 0 aliphatic carbocycles. The highest BCUT2D eigenvalue weighted by Gasteiger charge is 2.14. The van der Waals surface area contributed by atoms with Crippen LogP contribution in [0.3, 0.4) is 0 Å². The molecule has 108 valence electrons. The van der Waals surface area contributed by atoms with Crippen molar-refractivity contribution in [3.05, 3.63) is 56.5 Å². The maximum absolute atomic E-state index is 12.4. The van der Waals surface area contributed by atoms with E-state index >= 15 is 0 Å². The molecule has 1 amide bonds. The van der Waals surface area contributed by atoms with E-state index in [9.17, 15) is 4.79 Å². The molecule has 0 radical (unpaired) electrons. The summed E-state index contributed by atoms with van der Waals surface area (Å²) in [6.45, 7) is 2.85. The summed E-state index contributed by atoms with van der Waals surface area (Å²) in [5.41, 5.74) is 4.59. The van der Waals surface area contributed by atoms with E-state index in [4.69, 9.17) is 11.6 Å². The number of halogens is 2. The van der Waals surface area contributed by atoms with Crippen LogP contribution in [-0.2, 0) is 6.42 Å². The standard InChI is InChI=1S/C16H14BrClN2O/c1-9-6-12(17)15(8-13(9)18)20-16(21)11-2-3-14-10(7-11)4-5-19-14/h2-3,6-8,19H,4-5H2,1H3,(H,20,21). The number of benzene rings is 2. The molecule has 2 aromatic rings. The Balaban J connectivity index is 1.85. The van der Waals surface area contributed by atoms with Crippen molar-refractivity contribution in [2.75, 3.05) is 17.2 Å². The molecule has 1 aliphatic heterocycles. The molecule has 0 saturated heterocycles. The molecule has 0 aromatic heterocycles. The molecule has 0 bridgehead atoms. The first-order valence-electron chi connectivity index (χ1n) is 6.68. The summed E-state index contributed by atoms with van der Waals surface area (Å²) in [5, 5.41) is 6.81. The minimum absolute atomic E-state index is 0.134. The summed E-state index contributed by atoms with van der Waals surface area (Å²) in [4.78, 5) is 12.4. The van der Waals surface area contributed by atoms with E-state index in [0.29, 0.717) is 16.3 Å². The molecular formula is C16H14BrClN2O. The maximum atomic E-state index is 12.4. The molecule has 0 fully saturated rings. The summed E-state index contributed by atoms with van der Waals surface area (Å²) in [7, 11) is 0. The Morgan fingerprint density at radius 3 is 2.95 bits per heavy atom. The molecule has 0 spiro atoms. The number of anilines is 2. The van der Waals surface area contributed by atoms with Crippen molar-refractivity contribution in [3.8, 4) is 0 Å². The van der Waals surface area contributed by atoms with Crippen LogP contribution in [0.1, 0.15) is 21.5 Å². The van der Waals surface area contributed by atoms with Crippen LogP contribution in [-0.4, -0.2) is 12.5 Å². The molecule has 0 unspecified atom stereocenters. The molecule has 2 aromatic carbocycles. The van der Waals surface area contributed by atoms with Crippen molar-refractivity contribution in [3.63, 3.8) is 0 Å². The number of carbonyl (C=O) groups excluding carboxylic acids is 1. The summed E-state index contributed by atoms with van der Waals surface area (Å²) in [5.74, 6) is -0.134. The number of rotatable bonds is 2. The van der Waals surface area contributed by atoms with Gasteiger partial charge in [-0.25, -0.2) is 0 Å². The zero-order valence-electron chi connectivity index (χ0n) is 11.5. The van der Waals surface area contributed by atoms with Crippen LogP contribution in [0.2, 0.25) is 5.02 Å². The Labute approximate surface area is 136 Å². The Hall–Kier alpha value is -1.52. The predicted octanol–water partition coefficient (Wildman–Crippen LogP) is 4.63. The van der Waals surface area contributed by atoms with Gasteiger partial charge in [-0.05, 0) is 70.7 Å². The molecule has 5 heteroatoms. The summed E-state index contributed by atoms with van der Waals surface area (Å²) in [6, 6.07) is 9.37. The normalized spacial score (nSPS) is 12.7. The summed E-state index contributed by atoms with van der Waals surface area (Å²) in [6.07, 6.45) is 0.955. The number of fused-ring (bicyclic) bond motifs is 1. The number of carbonyl (C=O) groups is 1. The largest absolute Gasteiger partial charge is 0.384 e. The van der Waals surface area contributed by atoms with Crippen molar-refractivity contribution >= 4 is 44.8 Å². The van der Waals surface area contributed by atoms with Crippen LogP contribution in [0, 0.1) is 6.92 Å². The van der Waals surface area contributed by atoms with Crippen LogP contribution in [0.25, 0.3) is 0 Å². The van der Waals surface area contributed by atoms with E-state index in [1.165, 1.54) is 5.56 Å². The Morgan fingerprint density at radius 1 is 1.33 bits per heavy atom. The van der Waals surface area contributed by atoms with Crippen LogP contribution >= 0.6 is 27.5 Å². The molecule has 0 atom stereocenters. The minimum Gasteiger partial charge on any atom is -0.384 e. The van der Waals surface area contributed by atoms with E-state index in [2.05, 4.69) is 26.6 Å². The summed E-state index contributed by atoms with van der Waals surface area (Å²) < 4.78 is 0.820. The molecule has 0 saturated carbocycles. The zero-order chi connectivity index (χ0) is 15.0. The number of nitrogens with one attached hydrogen (secondary N) is 2. The van der Waals surface area contributed by atoms with E-state index < -0.39 is 0 Å². The molecule has 3 nitrogen and oxygen atoms in total. The van der Waals surface area contributed by atoms with Gasteiger partial charge in [-0.1, -0.05) is 11.6 Å². The second-order valence-corrected chi connectivity index (χ2v) is 6.35. The van der Waals surface area contributed by atoms with Crippen LogP contribution in [0.4, 0.5) is 11.4 Å². The van der Waals surface area contributed by atoms with E-state index in [0.717, 1.165) is 28.7 Å². The third-order valence-electron chi connectivity index (χ3n) is 3.57. The van der Waals surface area contributed by atoms with Crippen molar-refractivity contribution < 1.29 is 4.79 Å². The van der Waals surface area contributed by atoms with Crippen LogP contribution < -0.4 is 10.6 Å². The van der Waals surface area contributed by atoms with Gasteiger partial charge in [0.05, 0.1) is 5.69 Å². The lowest BCUT2D eigenvalue weighted by molar-refractivity contribution is 0.102. The van der Waals surface area contributed by atoms with Gasteiger partial charge in [0.1, 0.15) is 0 Å². The highest BCUT2D eigenvalue weighted by atomic mass is 79.9. The van der Waals surface area contributed by atoms with Crippen LogP contribution in [0.15, 0.2) is 34.8 Å². The van der Waals surface area contributed by atoms with Crippen molar-refractivity contribution in [1.82, 2.24) is 0 Å². The first-order valence-corrected chi connectivity index (χ1v) is 7.85. The highest BCUT2D eigenvalue weighted by molar-refractivity contribution is 9.10. The Bertz CT molecular complexity index is 730. The minimum atomic E-state index is -0.134. The van der Waals surface area contributed by atoms with Gasteiger partial charge in [0, 0.05) is 27.3 Å². The number of hydrogen-bond acceptors (Lipinski definition) is 2. The Morgan fingerprint density at radius 2 is 2.14 bits per heavy atom. The van der Waals surface area contributed by atoms with Crippen molar-refractivity contribution in [2.24, 2.45) is 0 Å². The molecular weight excluding hydrogens is 352 g/mol. The monoisotopic (exact) mass is 364 g/mol. The van der Waals surface area contributed by atoms with Gasteiger partial charge in [0.2, 0.25) is 0 Å². The molecule has 3 rings (SSSR count). The maximum Gasteiger partial charge on any atom is 0.255 e. The zero-order valence-corrected chi connectivity index (χ0v) is 13.8. The first kappa shape index (κ1) is 14.4. The fraction of sp³-hybridized carbons (Fsp3) is 0.188. The summed E-state index contributed by atoms with van der Waals surface area (Å²) >= 11 is 9.56. The second-order valence-electron chi connectivity index (χ2n) is 5.08. The lowest BCUT2D eigenvalue weighted by atomic mass is 10.1. The molecule has 1 heterocycles. The predicted molar refractivity (Wildman–Crippen MR) is 90.5 cm³/mol. The number of amides is 1. The average Bonchev–Trinajstić information content (AvgIpc) is 2.92. The van der Waals surface area contributed by atoms with Crippen molar-refractivity contribution in [1.29, 1.82) is 0 Å². The van der Waals surface area contributed by atoms with Gasteiger partial charge in [-0.15, -0.1) is 0 Å². The fourth-order valence-corrected chi connectivity index (χ4v) is 3.10. The Kier molecular flexibility index (Phi) is 3.91. The SMILES string of the molecule is Cc1cc(Br)c(NC(=O)c2ccc3c(c2)CCN3)cc1Cl. The van der Waals surface area contributed by atoms with Gasteiger partial charge in [-0.3, -0.25) is 4.79 Å². The van der Waals surface area contributed by atoms with Crippen LogP contribution in [0.5, 0.6) is 0 Å². The third-order valence-corrected chi connectivity index (χ3v) is 4.64. The van der Waals surface area contributed by atoms with Gasteiger partial charge in [-0.2, -0.15) is 0 Å². The number of aryl methyl sites for hydroxylation is 1. The van der Waals surface area contributed by atoms with Crippen molar-refractivity contribution in [2.45, 2.75) is 13.3 Å². The molecule has 1 aliphatic rings. The topological polar surface area (TPSA) is 41.1 Å². The van der Waals surface area contributed by atoms with Gasteiger partial charge in [0.25, 0.3) is 5.91 Å². The molecule has 2 N–H and O–H groups in total. The second kappa shape index (κ2) is 5.70. The lowest BCUT2D eigenvalue weighted by Crippen LogP contribution is -2.12. The molecule has 21 heavy (non-hydrogen) atoms. The fourth-order valence-electron chi connectivity index (χ4n) is 2.38. The lowest BCUT2D eigenvalue weighted by Gasteiger charge is -2.10. The van der Waals surface area contributed by atoms with E-state index in [1.54, 1.807) is 6.07 Å². The van der Waals surface area contributed by atoms with Gasteiger partial charge < -0.3 is 10.6 Å². The smallest absolute Gasteiger partial charge is 0.255 e. The average molecular weight is 366 g/mol. The number of hydrogen-bond donors (Lipinski definition) is 2. The third kappa shape index (κ3) is 2.92.